The van der Waals surface area contributed by atoms with Crippen molar-refractivity contribution in [3.63, 3.8) is 0 Å². The van der Waals surface area contributed by atoms with Gasteiger partial charge in [-0.15, -0.1) is 0 Å². The van der Waals surface area contributed by atoms with Crippen molar-refractivity contribution in [2.24, 2.45) is 0 Å². The Morgan fingerprint density at radius 2 is 1.92 bits per heavy atom. The third-order valence-corrected chi connectivity index (χ3v) is 1.68. The zero-order valence-corrected chi connectivity index (χ0v) is 7.24. The monoisotopic (exact) mass is 186 g/mol. The van der Waals surface area contributed by atoms with Crippen LogP contribution in [0.4, 0.5) is 4.79 Å². The van der Waals surface area contributed by atoms with E-state index in [4.69, 9.17) is 0 Å². The van der Waals surface area contributed by atoms with E-state index >= 15 is 0 Å². The Morgan fingerprint density at radius 1 is 1.38 bits per heavy atom. The zero-order chi connectivity index (χ0) is 9.84. The van der Waals surface area contributed by atoms with Gasteiger partial charge in [0.2, 0.25) is 6.10 Å². The van der Waals surface area contributed by atoms with Crippen molar-refractivity contribution in [2.45, 2.75) is 25.9 Å². The van der Waals surface area contributed by atoms with Gasteiger partial charge in [-0.25, -0.2) is 4.79 Å². The molecule has 72 valence electrons. The molecular formula is C8H10O5. The summed E-state index contributed by atoms with van der Waals surface area (Å²) in [5.74, 6) is -0.698. The van der Waals surface area contributed by atoms with E-state index in [9.17, 15) is 14.4 Å². The van der Waals surface area contributed by atoms with Gasteiger partial charge in [0.05, 0.1) is 6.61 Å². The average Bonchev–Trinajstić information content (AvgIpc) is 2.36. The Balaban J connectivity index is 2.48. The van der Waals surface area contributed by atoms with Crippen molar-refractivity contribution in [3.8, 4) is 0 Å². The fourth-order valence-electron chi connectivity index (χ4n) is 1.07. The van der Waals surface area contributed by atoms with Crippen LogP contribution in [0.3, 0.4) is 0 Å². The maximum absolute atomic E-state index is 11.0. The summed E-state index contributed by atoms with van der Waals surface area (Å²) in [4.78, 5) is 32.7. The van der Waals surface area contributed by atoms with Crippen molar-refractivity contribution in [1.29, 1.82) is 0 Å². The highest BCUT2D eigenvalue weighted by molar-refractivity contribution is 6.12. The summed E-state index contributed by atoms with van der Waals surface area (Å²) < 4.78 is 8.95. The molecule has 0 heterocycles. The summed E-state index contributed by atoms with van der Waals surface area (Å²) in [5.41, 5.74) is 0. The lowest BCUT2D eigenvalue weighted by atomic mass is 10.3. The van der Waals surface area contributed by atoms with E-state index in [0.717, 1.165) is 0 Å². The lowest BCUT2D eigenvalue weighted by molar-refractivity contribution is -0.134. The fourth-order valence-corrected chi connectivity index (χ4v) is 1.07. The molecule has 0 aromatic carbocycles. The van der Waals surface area contributed by atoms with E-state index in [2.05, 4.69) is 9.47 Å². The SMILES string of the molecule is CCOC(=O)OC1C(=O)CCC1=O. The molecule has 1 fully saturated rings. The molecule has 5 nitrogen and oxygen atoms in total. The van der Waals surface area contributed by atoms with Gasteiger partial charge in [-0.2, -0.15) is 0 Å². The lowest BCUT2D eigenvalue weighted by Gasteiger charge is -2.07. The van der Waals surface area contributed by atoms with Crippen molar-refractivity contribution >= 4 is 17.7 Å². The fraction of sp³-hybridized carbons (Fsp3) is 0.625. The number of Topliss-reactive ketones (excluding diaryl/α,β-unsaturated/α-hetero) is 2. The molecule has 1 saturated carbocycles. The van der Waals surface area contributed by atoms with Crippen molar-refractivity contribution in [3.05, 3.63) is 0 Å². The molecule has 0 aliphatic heterocycles. The molecule has 0 bridgehead atoms. The first kappa shape index (κ1) is 9.70. The molecular weight excluding hydrogens is 176 g/mol. The molecule has 0 amide bonds. The number of carbonyl (C=O) groups is 3. The molecule has 0 atom stereocenters. The summed E-state index contributed by atoms with van der Waals surface area (Å²) in [5, 5.41) is 0. The second-order valence-electron chi connectivity index (χ2n) is 2.61. The first-order valence-electron chi connectivity index (χ1n) is 4.04. The zero-order valence-electron chi connectivity index (χ0n) is 7.24. The van der Waals surface area contributed by atoms with E-state index in [-0.39, 0.29) is 31.0 Å². The Morgan fingerprint density at radius 3 is 2.38 bits per heavy atom. The number of rotatable bonds is 2. The number of hydrogen-bond donors (Lipinski definition) is 0. The molecule has 0 spiro atoms. The highest BCUT2D eigenvalue weighted by Crippen LogP contribution is 2.14. The first-order chi connectivity index (χ1) is 6.15. The Hall–Kier alpha value is -1.39. The third-order valence-electron chi connectivity index (χ3n) is 1.68. The molecule has 13 heavy (non-hydrogen) atoms. The molecule has 0 aromatic heterocycles. The van der Waals surface area contributed by atoms with Gasteiger partial charge in [0.15, 0.2) is 11.6 Å². The van der Waals surface area contributed by atoms with Crippen LogP contribution in [-0.2, 0) is 19.1 Å². The van der Waals surface area contributed by atoms with Crippen molar-refractivity contribution < 1.29 is 23.9 Å². The van der Waals surface area contributed by atoms with Crippen molar-refractivity contribution in [1.82, 2.24) is 0 Å². The van der Waals surface area contributed by atoms with E-state index in [0.29, 0.717) is 0 Å². The molecule has 5 heteroatoms. The lowest BCUT2D eigenvalue weighted by Crippen LogP contribution is -2.28. The smallest absolute Gasteiger partial charge is 0.435 e. The Kier molecular flexibility index (Phi) is 3.00. The van der Waals surface area contributed by atoms with E-state index in [1.54, 1.807) is 6.92 Å². The molecule has 0 unspecified atom stereocenters. The normalized spacial score (nSPS) is 17.6. The van der Waals surface area contributed by atoms with Gasteiger partial charge in [-0.1, -0.05) is 0 Å². The van der Waals surface area contributed by atoms with E-state index in [1.165, 1.54) is 0 Å². The van der Waals surface area contributed by atoms with Crippen LogP contribution in [0.2, 0.25) is 0 Å². The summed E-state index contributed by atoms with van der Waals surface area (Å²) in [6.07, 6.45) is -1.87. The van der Waals surface area contributed by atoms with Gasteiger partial charge in [0.1, 0.15) is 0 Å². The van der Waals surface area contributed by atoms with Crippen molar-refractivity contribution in [2.75, 3.05) is 6.61 Å². The van der Waals surface area contributed by atoms with Crippen LogP contribution in [0.5, 0.6) is 0 Å². The molecule has 0 aromatic rings. The van der Waals surface area contributed by atoms with Crippen LogP contribution in [0, 0.1) is 0 Å². The van der Waals surface area contributed by atoms with Gasteiger partial charge in [-0.3, -0.25) is 9.59 Å². The van der Waals surface area contributed by atoms with Crippen LogP contribution in [0.25, 0.3) is 0 Å². The van der Waals surface area contributed by atoms with Crippen LogP contribution in [0.1, 0.15) is 19.8 Å². The van der Waals surface area contributed by atoms with Gasteiger partial charge in [-0.05, 0) is 6.92 Å². The summed E-state index contributed by atoms with van der Waals surface area (Å²) in [6.45, 7) is 1.77. The second kappa shape index (κ2) is 4.02. The highest BCUT2D eigenvalue weighted by Gasteiger charge is 2.36. The molecule has 1 aliphatic rings. The minimum Gasteiger partial charge on any atom is -0.435 e. The summed E-state index contributed by atoms with van der Waals surface area (Å²) >= 11 is 0. The standard InChI is InChI=1S/C8H10O5/c1-2-12-8(11)13-7-5(9)3-4-6(7)10/h7H,2-4H2,1H3. The maximum atomic E-state index is 11.0. The molecule has 0 saturated heterocycles. The number of carbonyl (C=O) groups excluding carboxylic acids is 3. The van der Waals surface area contributed by atoms with Gasteiger partial charge in [0, 0.05) is 12.8 Å². The van der Waals surface area contributed by atoms with Crippen LogP contribution in [-0.4, -0.2) is 30.4 Å². The predicted molar refractivity (Wildman–Crippen MR) is 41.1 cm³/mol. The Labute approximate surface area is 75.0 Å². The number of ketones is 2. The molecule has 1 rings (SSSR count). The third kappa shape index (κ3) is 2.27. The van der Waals surface area contributed by atoms with Crippen LogP contribution < -0.4 is 0 Å². The second-order valence-corrected chi connectivity index (χ2v) is 2.61. The minimum absolute atomic E-state index is 0.156. The predicted octanol–water partition coefficient (Wildman–Crippen LogP) is 0.460. The average molecular weight is 186 g/mol. The van der Waals surface area contributed by atoms with Gasteiger partial charge >= 0.3 is 6.16 Å². The summed E-state index contributed by atoms with van der Waals surface area (Å²) in [7, 11) is 0. The quantitative estimate of drug-likeness (QED) is 0.462. The molecule has 0 radical (unpaired) electrons. The van der Waals surface area contributed by atoms with Crippen LogP contribution >= 0.6 is 0 Å². The maximum Gasteiger partial charge on any atom is 0.509 e. The van der Waals surface area contributed by atoms with E-state index in [1.807, 2.05) is 0 Å². The topological polar surface area (TPSA) is 69.7 Å². The van der Waals surface area contributed by atoms with Gasteiger partial charge < -0.3 is 9.47 Å². The number of hydrogen-bond acceptors (Lipinski definition) is 5. The molecule has 0 N–H and O–H groups in total. The van der Waals surface area contributed by atoms with E-state index < -0.39 is 12.3 Å². The first-order valence-corrected chi connectivity index (χ1v) is 4.04. The van der Waals surface area contributed by atoms with Gasteiger partial charge in [0.25, 0.3) is 0 Å². The molecule has 1 aliphatic carbocycles. The number of ether oxygens (including phenoxy) is 2. The largest absolute Gasteiger partial charge is 0.509 e. The van der Waals surface area contributed by atoms with Crippen LogP contribution in [0.15, 0.2) is 0 Å². The Bertz CT molecular complexity index is 229. The minimum atomic E-state index is -1.22. The summed E-state index contributed by atoms with van der Waals surface area (Å²) in [6, 6.07) is 0. The highest BCUT2D eigenvalue weighted by atomic mass is 16.7.